The number of piperidine rings is 1. The molecule has 42 heavy (non-hydrogen) atoms. The highest BCUT2D eigenvalue weighted by molar-refractivity contribution is 5.96. The number of anilines is 2. The van der Waals surface area contributed by atoms with Crippen LogP contribution in [0.15, 0.2) is 30.3 Å². The summed E-state index contributed by atoms with van der Waals surface area (Å²) in [5.41, 5.74) is 9.70. The van der Waals surface area contributed by atoms with Crippen molar-refractivity contribution in [2.45, 2.75) is 83.4 Å². The number of aromatic amines is 1. The molecule has 2 saturated heterocycles. The van der Waals surface area contributed by atoms with E-state index in [-0.39, 0.29) is 5.60 Å². The molecular formula is C34H37N7O. The number of aromatic nitrogens is 4. The fourth-order valence-corrected chi connectivity index (χ4v) is 7.54. The largest absolute Gasteiger partial charge is 0.375 e. The Morgan fingerprint density at radius 1 is 1.10 bits per heavy atom. The van der Waals surface area contributed by atoms with Crippen LogP contribution in [0.25, 0.3) is 22.3 Å². The van der Waals surface area contributed by atoms with E-state index in [0.29, 0.717) is 18.5 Å². The molecule has 214 valence electrons. The molecule has 4 aromatic rings. The van der Waals surface area contributed by atoms with Gasteiger partial charge in [0.15, 0.2) is 5.82 Å². The standard InChI is InChI=1S/C34H37N7O/c1-20-4-9-28-31(22(3)38-39-28)30(20)32-36-27-10-13-40(29-16-24(23-5-6-23)7-8-25(29)18-35)19-26(27)33(37-32)41-14-11-34(12-15-42-34)17-21(41)2/h4,7-9,16,21,23H,5-6,10-15,17,19H2,1-3H3,(H,38,39). The summed E-state index contributed by atoms with van der Waals surface area (Å²) in [4.78, 5) is 15.6. The highest BCUT2D eigenvalue weighted by Crippen LogP contribution is 2.44. The van der Waals surface area contributed by atoms with Crippen LogP contribution in [0.3, 0.4) is 0 Å². The quantitative estimate of drug-likeness (QED) is 0.323. The molecule has 2 atom stereocenters. The topological polar surface area (TPSA) is 94.0 Å². The first-order valence-electron chi connectivity index (χ1n) is 15.5. The van der Waals surface area contributed by atoms with Crippen LogP contribution in [0.4, 0.5) is 11.5 Å². The Bertz CT molecular complexity index is 1760. The molecule has 0 bridgehead atoms. The number of ether oxygens (including phenoxy) is 1. The maximum atomic E-state index is 10.0. The molecule has 8 heteroatoms. The van der Waals surface area contributed by atoms with E-state index in [9.17, 15) is 5.26 Å². The van der Waals surface area contributed by atoms with Gasteiger partial charge in [-0.05, 0) is 88.1 Å². The van der Waals surface area contributed by atoms with Gasteiger partial charge in [0.1, 0.15) is 11.9 Å². The van der Waals surface area contributed by atoms with Gasteiger partial charge in [0.25, 0.3) is 0 Å². The van der Waals surface area contributed by atoms with Gasteiger partial charge in [-0.25, -0.2) is 9.97 Å². The summed E-state index contributed by atoms with van der Waals surface area (Å²) in [5, 5.41) is 18.8. The predicted molar refractivity (Wildman–Crippen MR) is 164 cm³/mol. The lowest BCUT2D eigenvalue weighted by Gasteiger charge is -2.51. The second kappa shape index (κ2) is 9.53. The van der Waals surface area contributed by atoms with Crippen LogP contribution in [0.1, 0.15) is 78.6 Å². The third-order valence-corrected chi connectivity index (χ3v) is 10.2. The first-order valence-corrected chi connectivity index (χ1v) is 15.5. The number of fused-ring (bicyclic) bond motifs is 2. The smallest absolute Gasteiger partial charge is 0.162 e. The van der Waals surface area contributed by atoms with E-state index in [2.05, 4.69) is 71.1 Å². The number of nitrogens with one attached hydrogen (secondary N) is 1. The molecular weight excluding hydrogens is 522 g/mol. The lowest BCUT2D eigenvalue weighted by Crippen LogP contribution is -2.56. The summed E-state index contributed by atoms with van der Waals surface area (Å²) in [6, 6.07) is 13.4. The molecule has 4 aliphatic rings. The third kappa shape index (κ3) is 4.09. The maximum absolute atomic E-state index is 10.0. The number of aryl methyl sites for hydroxylation is 2. The second-order valence-corrected chi connectivity index (χ2v) is 12.9. The molecule has 8 rings (SSSR count). The molecule has 8 nitrogen and oxygen atoms in total. The summed E-state index contributed by atoms with van der Waals surface area (Å²) in [6.45, 7) is 9.85. The summed E-state index contributed by atoms with van der Waals surface area (Å²) < 4.78 is 6.11. The van der Waals surface area contributed by atoms with Gasteiger partial charge in [-0.1, -0.05) is 12.1 Å². The van der Waals surface area contributed by atoms with Crippen LogP contribution in [-0.4, -0.2) is 51.5 Å². The van der Waals surface area contributed by atoms with Crippen molar-refractivity contribution in [3.63, 3.8) is 0 Å². The van der Waals surface area contributed by atoms with Crippen molar-refractivity contribution < 1.29 is 4.74 Å². The molecule has 2 aromatic carbocycles. The van der Waals surface area contributed by atoms with Crippen molar-refractivity contribution in [2.75, 3.05) is 29.5 Å². The average molecular weight is 560 g/mol. The molecule has 1 N–H and O–H groups in total. The highest BCUT2D eigenvalue weighted by Gasteiger charge is 2.45. The number of nitrogens with zero attached hydrogens (tertiary/aromatic N) is 6. The van der Waals surface area contributed by atoms with Gasteiger partial charge in [0.05, 0.1) is 34.7 Å². The Morgan fingerprint density at radius 2 is 1.95 bits per heavy atom. The van der Waals surface area contributed by atoms with Gasteiger partial charge in [-0.15, -0.1) is 0 Å². The van der Waals surface area contributed by atoms with Crippen LogP contribution < -0.4 is 9.80 Å². The van der Waals surface area contributed by atoms with Crippen LogP contribution in [0.2, 0.25) is 0 Å². The van der Waals surface area contributed by atoms with Crippen LogP contribution in [-0.2, 0) is 17.7 Å². The molecule has 3 aliphatic heterocycles. The van der Waals surface area contributed by atoms with Crippen molar-refractivity contribution in [3.05, 3.63) is 64.0 Å². The van der Waals surface area contributed by atoms with Crippen LogP contribution in [0, 0.1) is 25.2 Å². The summed E-state index contributed by atoms with van der Waals surface area (Å²) in [7, 11) is 0. The van der Waals surface area contributed by atoms with E-state index in [1.54, 1.807) is 0 Å². The van der Waals surface area contributed by atoms with Crippen molar-refractivity contribution in [3.8, 4) is 17.5 Å². The SMILES string of the molecule is Cc1ccc2n[nH]c(C)c2c1-c1nc2c(c(N3CCC4(CCO4)CC3C)n1)CN(c1cc(C3CC3)ccc1C#N)CC2. The van der Waals surface area contributed by atoms with E-state index in [0.717, 1.165) is 102 Å². The van der Waals surface area contributed by atoms with Gasteiger partial charge >= 0.3 is 0 Å². The monoisotopic (exact) mass is 559 g/mol. The predicted octanol–water partition coefficient (Wildman–Crippen LogP) is 6.10. The van der Waals surface area contributed by atoms with E-state index in [1.165, 1.54) is 24.0 Å². The van der Waals surface area contributed by atoms with Crippen LogP contribution >= 0.6 is 0 Å². The van der Waals surface area contributed by atoms with E-state index in [1.807, 2.05) is 6.07 Å². The first kappa shape index (κ1) is 25.7. The minimum Gasteiger partial charge on any atom is -0.375 e. The maximum Gasteiger partial charge on any atom is 0.162 e. The lowest BCUT2D eigenvalue weighted by molar-refractivity contribution is -0.163. The fourth-order valence-electron chi connectivity index (χ4n) is 7.54. The number of rotatable bonds is 4. The van der Waals surface area contributed by atoms with Gasteiger partial charge in [0.2, 0.25) is 0 Å². The summed E-state index contributed by atoms with van der Waals surface area (Å²) in [6.07, 6.45) is 6.49. The molecule has 0 radical (unpaired) electrons. The number of hydrogen-bond donors (Lipinski definition) is 1. The number of H-pyrrole nitrogens is 1. The van der Waals surface area contributed by atoms with Crippen molar-refractivity contribution >= 4 is 22.4 Å². The van der Waals surface area contributed by atoms with Gasteiger partial charge < -0.3 is 14.5 Å². The summed E-state index contributed by atoms with van der Waals surface area (Å²) in [5.74, 6) is 2.46. The minimum atomic E-state index is 0.0406. The molecule has 1 spiro atoms. The minimum absolute atomic E-state index is 0.0406. The fraction of sp³-hybridized carbons (Fsp3) is 0.471. The normalized spacial score (nSPS) is 23.6. The lowest BCUT2D eigenvalue weighted by atomic mass is 9.81. The molecule has 2 aromatic heterocycles. The summed E-state index contributed by atoms with van der Waals surface area (Å²) >= 11 is 0. The Labute approximate surface area is 246 Å². The highest BCUT2D eigenvalue weighted by atomic mass is 16.5. The molecule has 0 amide bonds. The van der Waals surface area contributed by atoms with Crippen LogP contribution in [0.5, 0.6) is 0 Å². The zero-order valence-corrected chi connectivity index (χ0v) is 24.7. The van der Waals surface area contributed by atoms with E-state index < -0.39 is 0 Å². The third-order valence-electron chi connectivity index (χ3n) is 10.2. The zero-order chi connectivity index (χ0) is 28.6. The Kier molecular flexibility index (Phi) is 5.84. The number of hydrogen-bond acceptors (Lipinski definition) is 7. The number of benzene rings is 2. The van der Waals surface area contributed by atoms with Crippen molar-refractivity contribution in [2.24, 2.45) is 0 Å². The van der Waals surface area contributed by atoms with Gasteiger partial charge in [-0.2, -0.15) is 10.4 Å². The average Bonchev–Trinajstić information content (AvgIpc) is 3.78. The van der Waals surface area contributed by atoms with E-state index in [4.69, 9.17) is 14.7 Å². The molecule has 3 fully saturated rings. The second-order valence-electron chi connectivity index (χ2n) is 12.9. The van der Waals surface area contributed by atoms with Crippen molar-refractivity contribution in [1.82, 2.24) is 20.2 Å². The molecule has 1 aliphatic carbocycles. The van der Waals surface area contributed by atoms with Gasteiger partial charge in [0, 0.05) is 54.3 Å². The molecule has 2 unspecified atom stereocenters. The Balaban J connectivity index is 1.25. The van der Waals surface area contributed by atoms with Crippen molar-refractivity contribution in [1.29, 1.82) is 5.26 Å². The first-order chi connectivity index (χ1) is 20.4. The Morgan fingerprint density at radius 3 is 2.69 bits per heavy atom. The van der Waals surface area contributed by atoms with Gasteiger partial charge in [-0.3, -0.25) is 5.10 Å². The van der Waals surface area contributed by atoms with E-state index >= 15 is 0 Å². The molecule has 1 saturated carbocycles. The molecule has 5 heterocycles. The zero-order valence-electron chi connectivity index (χ0n) is 24.7. The Hall–Kier alpha value is -3.96. The number of nitriles is 1.